The Kier molecular flexibility index (Phi) is 4.01. The predicted molar refractivity (Wildman–Crippen MR) is 75.8 cm³/mol. The van der Waals surface area contributed by atoms with Crippen molar-refractivity contribution in [2.75, 3.05) is 11.6 Å². The number of nitriles is 1. The van der Waals surface area contributed by atoms with Crippen molar-refractivity contribution in [3.8, 4) is 6.07 Å². The molecule has 2 aromatic rings. The lowest BCUT2D eigenvalue weighted by molar-refractivity contribution is 0.602. The molecule has 0 fully saturated rings. The van der Waals surface area contributed by atoms with Gasteiger partial charge < -0.3 is 5.32 Å². The van der Waals surface area contributed by atoms with Crippen LogP contribution in [-0.4, -0.2) is 19.7 Å². The third kappa shape index (κ3) is 3.56. The average molecular weight is 287 g/mol. The summed E-state index contributed by atoms with van der Waals surface area (Å²) in [6, 6.07) is 12.1. The molecule has 1 N–H and O–H groups in total. The zero-order valence-corrected chi connectivity index (χ0v) is 11.7. The molecular formula is C14H13N3O2S. The summed E-state index contributed by atoms with van der Waals surface area (Å²) in [7, 11) is -3.17. The maximum Gasteiger partial charge on any atom is 0.175 e. The number of anilines is 1. The Hall–Kier alpha value is -2.39. The predicted octanol–water partition coefficient (Wildman–Crippen LogP) is 1.97. The molecule has 6 heteroatoms. The van der Waals surface area contributed by atoms with Gasteiger partial charge in [0.25, 0.3) is 0 Å². The maximum atomic E-state index is 11.3. The Morgan fingerprint density at radius 3 is 2.55 bits per heavy atom. The first kappa shape index (κ1) is 14.0. The highest BCUT2D eigenvalue weighted by molar-refractivity contribution is 7.90. The quantitative estimate of drug-likeness (QED) is 0.929. The molecule has 20 heavy (non-hydrogen) atoms. The Balaban J connectivity index is 2.06. The van der Waals surface area contributed by atoms with Gasteiger partial charge in [-0.3, -0.25) is 0 Å². The van der Waals surface area contributed by atoms with Crippen molar-refractivity contribution >= 4 is 15.5 Å². The number of nitrogens with zero attached hydrogens (tertiary/aromatic N) is 2. The number of nitrogens with one attached hydrogen (secondary N) is 1. The highest BCUT2D eigenvalue weighted by Crippen LogP contribution is 2.14. The van der Waals surface area contributed by atoms with Crippen LogP contribution in [0.5, 0.6) is 0 Å². The van der Waals surface area contributed by atoms with E-state index >= 15 is 0 Å². The fraction of sp³-hybridized carbons (Fsp3) is 0.143. The van der Waals surface area contributed by atoms with Gasteiger partial charge in [-0.05, 0) is 42.0 Å². The molecule has 0 atom stereocenters. The fourth-order valence-corrected chi connectivity index (χ4v) is 2.30. The van der Waals surface area contributed by atoms with Crippen LogP contribution in [0.15, 0.2) is 47.5 Å². The van der Waals surface area contributed by atoms with Crippen LogP contribution in [0.1, 0.15) is 11.3 Å². The largest absolute Gasteiger partial charge is 0.381 e. The van der Waals surface area contributed by atoms with E-state index in [9.17, 15) is 8.42 Å². The summed E-state index contributed by atoms with van der Waals surface area (Å²) in [6.45, 7) is 0.537. The first-order chi connectivity index (χ1) is 9.49. The topological polar surface area (TPSA) is 82.8 Å². The standard InChI is InChI=1S/C14H13N3O2S/c1-20(18,19)14-4-2-12(3-5-14)17-10-11-6-7-16-13(8-11)9-15/h2-8,17H,10H2,1H3. The number of aromatic nitrogens is 1. The van der Waals surface area contributed by atoms with Crippen LogP contribution in [0, 0.1) is 11.3 Å². The van der Waals surface area contributed by atoms with Crippen LogP contribution in [0.25, 0.3) is 0 Å². The van der Waals surface area contributed by atoms with E-state index in [-0.39, 0.29) is 0 Å². The van der Waals surface area contributed by atoms with Crippen LogP contribution in [0.3, 0.4) is 0 Å². The van der Waals surface area contributed by atoms with Gasteiger partial charge in [-0.25, -0.2) is 13.4 Å². The molecular weight excluding hydrogens is 274 g/mol. The molecule has 0 amide bonds. The molecule has 0 bridgehead atoms. The molecule has 1 aromatic carbocycles. The number of pyridine rings is 1. The van der Waals surface area contributed by atoms with Crippen molar-refractivity contribution in [2.45, 2.75) is 11.4 Å². The fourth-order valence-electron chi connectivity index (χ4n) is 1.67. The molecule has 1 heterocycles. The number of rotatable bonds is 4. The van der Waals surface area contributed by atoms with Crippen LogP contribution in [-0.2, 0) is 16.4 Å². The summed E-state index contributed by atoms with van der Waals surface area (Å²) < 4.78 is 22.7. The Morgan fingerprint density at radius 1 is 1.25 bits per heavy atom. The first-order valence-electron chi connectivity index (χ1n) is 5.88. The minimum absolute atomic E-state index is 0.290. The molecule has 2 rings (SSSR count). The monoisotopic (exact) mass is 287 g/mol. The van der Waals surface area contributed by atoms with Gasteiger partial charge in [0.2, 0.25) is 0 Å². The van der Waals surface area contributed by atoms with E-state index in [2.05, 4.69) is 10.3 Å². The van der Waals surface area contributed by atoms with Gasteiger partial charge >= 0.3 is 0 Å². The van der Waals surface area contributed by atoms with Gasteiger partial charge in [0.15, 0.2) is 9.84 Å². The zero-order valence-electron chi connectivity index (χ0n) is 10.9. The van der Waals surface area contributed by atoms with Crippen molar-refractivity contribution in [1.82, 2.24) is 4.98 Å². The molecule has 102 valence electrons. The highest BCUT2D eigenvalue weighted by atomic mass is 32.2. The van der Waals surface area contributed by atoms with E-state index < -0.39 is 9.84 Å². The van der Waals surface area contributed by atoms with Crippen molar-refractivity contribution in [3.05, 3.63) is 53.9 Å². The molecule has 0 radical (unpaired) electrons. The second-order valence-electron chi connectivity index (χ2n) is 4.31. The van der Waals surface area contributed by atoms with Crippen LogP contribution in [0.2, 0.25) is 0 Å². The van der Waals surface area contributed by atoms with Gasteiger partial charge in [0.05, 0.1) is 4.90 Å². The smallest absolute Gasteiger partial charge is 0.175 e. The van der Waals surface area contributed by atoms with E-state index in [0.717, 1.165) is 11.3 Å². The van der Waals surface area contributed by atoms with Crippen molar-refractivity contribution in [1.29, 1.82) is 5.26 Å². The summed E-state index contributed by atoms with van der Waals surface area (Å²) in [6.07, 6.45) is 2.76. The normalized spacial score (nSPS) is 10.8. The third-order valence-corrected chi connectivity index (χ3v) is 3.85. The number of hydrogen-bond acceptors (Lipinski definition) is 5. The Bertz CT molecular complexity index is 747. The third-order valence-electron chi connectivity index (χ3n) is 2.72. The van der Waals surface area contributed by atoms with Gasteiger partial charge in [-0.15, -0.1) is 0 Å². The summed E-state index contributed by atoms with van der Waals surface area (Å²) >= 11 is 0. The van der Waals surface area contributed by atoms with Gasteiger partial charge in [-0.1, -0.05) is 0 Å². The Labute approximate surface area is 117 Å². The SMILES string of the molecule is CS(=O)(=O)c1ccc(NCc2ccnc(C#N)c2)cc1. The van der Waals surface area contributed by atoms with Crippen LogP contribution >= 0.6 is 0 Å². The maximum absolute atomic E-state index is 11.3. The molecule has 0 aliphatic carbocycles. The summed E-state index contributed by atoms with van der Waals surface area (Å²) in [5.41, 5.74) is 2.12. The Morgan fingerprint density at radius 2 is 1.95 bits per heavy atom. The van der Waals surface area contributed by atoms with Crippen LogP contribution < -0.4 is 5.32 Å². The molecule has 0 spiro atoms. The molecule has 1 aromatic heterocycles. The minimum Gasteiger partial charge on any atom is -0.381 e. The average Bonchev–Trinajstić information content (AvgIpc) is 2.45. The zero-order chi connectivity index (χ0) is 14.6. The minimum atomic E-state index is -3.17. The first-order valence-corrected chi connectivity index (χ1v) is 7.77. The van der Waals surface area contributed by atoms with Gasteiger partial charge in [0.1, 0.15) is 11.8 Å². The second-order valence-corrected chi connectivity index (χ2v) is 6.33. The highest BCUT2D eigenvalue weighted by Gasteiger charge is 2.05. The molecule has 0 aliphatic rings. The van der Waals surface area contributed by atoms with Crippen molar-refractivity contribution in [2.24, 2.45) is 0 Å². The lowest BCUT2D eigenvalue weighted by atomic mass is 10.2. The van der Waals surface area contributed by atoms with E-state index in [1.807, 2.05) is 12.1 Å². The van der Waals surface area contributed by atoms with Gasteiger partial charge in [0, 0.05) is 24.7 Å². The van der Waals surface area contributed by atoms with Crippen molar-refractivity contribution < 1.29 is 8.42 Å². The van der Waals surface area contributed by atoms with Crippen molar-refractivity contribution in [3.63, 3.8) is 0 Å². The van der Waals surface area contributed by atoms with Crippen LogP contribution in [0.4, 0.5) is 5.69 Å². The molecule has 5 nitrogen and oxygen atoms in total. The molecule has 0 saturated carbocycles. The van der Waals surface area contributed by atoms with E-state index in [4.69, 9.17) is 5.26 Å². The molecule has 0 saturated heterocycles. The number of benzene rings is 1. The number of hydrogen-bond donors (Lipinski definition) is 1. The molecule has 0 aliphatic heterocycles. The van der Waals surface area contributed by atoms with Gasteiger partial charge in [-0.2, -0.15) is 5.26 Å². The lowest BCUT2D eigenvalue weighted by Gasteiger charge is -2.07. The summed E-state index contributed by atoms with van der Waals surface area (Å²) in [5, 5.41) is 11.9. The summed E-state index contributed by atoms with van der Waals surface area (Å²) in [5.74, 6) is 0. The second kappa shape index (κ2) is 5.72. The van der Waals surface area contributed by atoms with E-state index in [1.165, 1.54) is 6.26 Å². The number of sulfone groups is 1. The van der Waals surface area contributed by atoms with E-state index in [0.29, 0.717) is 17.1 Å². The summed E-state index contributed by atoms with van der Waals surface area (Å²) in [4.78, 5) is 4.19. The van der Waals surface area contributed by atoms with E-state index in [1.54, 1.807) is 36.5 Å². The molecule has 0 unspecified atom stereocenters. The lowest BCUT2D eigenvalue weighted by Crippen LogP contribution is -2.01.